The van der Waals surface area contributed by atoms with Crippen LogP contribution in [-0.2, 0) is 4.79 Å². The number of hydrogen-bond acceptors (Lipinski definition) is 2. The van der Waals surface area contributed by atoms with Crippen molar-refractivity contribution in [1.29, 1.82) is 0 Å². The summed E-state index contributed by atoms with van der Waals surface area (Å²) in [6.45, 7) is 0. The summed E-state index contributed by atoms with van der Waals surface area (Å²) in [6.07, 6.45) is 1.46. The van der Waals surface area contributed by atoms with Crippen LogP contribution in [0.3, 0.4) is 0 Å². The average Bonchev–Trinajstić information content (AvgIpc) is 2.15. The Bertz CT molecular complexity index is 432. The molecule has 3 heteroatoms. The fourth-order valence-corrected chi connectivity index (χ4v) is 2.20. The number of fused-ring (bicyclic) bond motifs is 1. The maximum absolute atomic E-state index is 11.4. The Morgan fingerprint density at radius 3 is 2.31 bits per heavy atom. The molecular weight excluding hydrogens is 175 g/mol. The van der Waals surface area contributed by atoms with E-state index in [1.165, 1.54) is 6.08 Å². The van der Waals surface area contributed by atoms with Crippen LogP contribution in [0, 0.1) is 0 Å². The van der Waals surface area contributed by atoms with Gasteiger partial charge in [-0.15, -0.1) is 0 Å². The Labute approximate surface area is 93.1 Å². The topological polar surface area (TPSA) is 34.1 Å². The Morgan fingerprint density at radius 2 is 1.62 bits per heavy atom. The molecule has 2 rings (SSSR count). The molecule has 1 aliphatic rings. The molecule has 0 bridgehead atoms. The van der Waals surface area contributed by atoms with Gasteiger partial charge in [-0.3, -0.25) is 0 Å². The standard InChI is InChI=1S/C10H5O2.Na/c11-9-6-5-7-3-1-2-4-8(7)10(9)12;/h1-4,6H;. The van der Waals surface area contributed by atoms with Crippen molar-refractivity contribution in [1.82, 2.24) is 0 Å². The SMILES string of the molecule is O=C1C=[C]([Na])c2ccccc2C1=O. The molecule has 1 aromatic rings. The molecule has 0 spiro atoms. The first kappa shape index (κ1) is 8.88. The number of carbonyl (C=O) groups is 2. The van der Waals surface area contributed by atoms with E-state index < -0.39 is 0 Å². The van der Waals surface area contributed by atoms with Gasteiger partial charge in [-0.2, -0.15) is 0 Å². The minimum atomic E-state index is -0.385. The third-order valence-electron chi connectivity index (χ3n) is 2.17. The van der Waals surface area contributed by atoms with Gasteiger partial charge in [0.15, 0.2) is 0 Å². The van der Waals surface area contributed by atoms with Crippen molar-refractivity contribution in [3.05, 3.63) is 41.5 Å². The van der Waals surface area contributed by atoms with Gasteiger partial charge in [0.2, 0.25) is 0 Å². The van der Waals surface area contributed by atoms with Crippen molar-refractivity contribution in [3.8, 4) is 0 Å². The first-order valence-electron chi connectivity index (χ1n) is 4.06. The first-order valence-corrected chi connectivity index (χ1v) is 5.06. The Morgan fingerprint density at radius 1 is 1.00 bits per heavy atom. The molecule has 0 amide bonds. The number of ketones is 2. The van der Waals surface area contributed by atoms with Crippen molar-refractivity contribution < 1.29 is 9.59 Å². The monoisotopic (exact) mass is 180 g/mol. The van der Waals surface area contributed by atoms with Crippen molar-refractivity contribution >= 4 is 42.3 Å². The summed E-state index contributed by atoms with van der Waals surface area (Å²) in [6, 6.07) is 7.26. The van der Waals surface area contributed by atoms with Crippen LogP contribution in [0.25, 0.3) is 2.82 Å². The van der Waals surface area contributed by atoms with Crippen LogP contribution in [0.5, 0.6) is 0 Å². The van der Waals surface area contributed by atoms with Crippen LogP contribution in [0.4, 0.5) is 0 Å². The third kappa shape index (κ3) is 1.41. The van der Waals surface area contributed by atoms with Gasteiger partial charge < -0.3 is 0 Å². The predicted molar refractivity (Wildman–Crippen MR) is 49.5 cm³/mol. The molecule has 1 aromatic carbocycles. The van der Waals surface area contributed by atoms with E-state index in [0.29, 0.717) is 5.56 Å². The van der Waals surface area contributed by atoms with Gasteiger partial charge in [0.1, 0.15) is 0 Å². The van der Waals surface area contributed by atoms with Crippen LogP contribution in [0.2, 0.25) is 0 Å². The van der Waals surface area contributed by atoms with Crippen LogP contribution in [0.1, 0.15) is 15.9 Å². The van der Waals surface area contributed by atoms with Gasteiger partial charge in [0, 0.05) is 0 Å². The second-order valence-electron chi connectivity index (χ2n) is 3.07. The molecule has 0 N–H and O–H groups in total. The van der Waals surface area contributed by atoms with Gasteiger partial charge in [0.05, 0.1) is 0 Å². The summed E-state index contributed by atoms with van der Waals surface area (Å²) in [5, 5.41) is 0. The van der Waals surface area contributed by atoms with E-state index in [4.69, 9.17) is 0 Å². The summed E-state index contributed by atoms with van der Waals surface area (Å²) in [5.74, 6) is -0.765. The summed E-state index contributed by atoms with van der Waals surface area (Å²) >= 11 is 0.795. The fourth-order valence-electron chi connectivity index (χ4n) is 1.50. The number of benzene rings is 1. The van der Waals surface area contributed by atoms with E-state index in [1.54, 1.807) is 12.1 Å². The molecule has 1 aliphatic carbocycles. The molecule has 58 valence electrons. The molecule has 0 aromatic heterocycles. The molecule has 13 heavy (non-hydrogen) atoms. The number of hydrogen-bond donors (Lipinski definition) is 0. The second kappa shape index (κ2) is 3.22. The zero-order chi connectivity index (χ0) is 9.42. The van der Waals surface area contributed by atoms with Crippen LogP contribution >= 0.6 is 0 Å². The first-order chi connectivity index (χ1) is 6.20. The normalized spacial score (nSPS) is 15.4. The van der Waals surface area contributed by atoms with Crippen molar-refractivity contribution in [2.75, 3.05) is 0 Å². The molecule has 0 unspecified atom stereocenters. The molecule has 2 nitrogen and oxygen atoms in total. The van der Waals surface area contributed by atoms with Crippen LogP contribution in [-0.4, -0.2) is 39.5 Å². The Hall–Kier alpha value is -0.700. The summed E-state index contributed by atoms with van der Waals surface area (Å²) in [7, 11) is 0. The summed E-state index contributed by atoms with van der Waals surface area (Å²) in [5.41, 5.74) is 1.48. The van der Waals surface area contributed by atoms with Crippen LogP contribution in [0.15, 0.2) is 30.3 Å². The van der Waals surface area contributed by atoms with Gasteiger partial charge in [0.25, 0.3) is 0 Å². The quantitative estimate of drug-likeness (QED) is 0.440. The van der Waals surface area contributed by atoms with Crippen molar-refractivity contribution in [2.45, 2.75) is 0 Å². The van der Waals surface area contributed by atoms with E-state index in [0.717, 1.165) is 36.3 Å². The Kier molecular flexibility index (Phi) is 2.20. The summed E-state index contributed by atoms with van der Waals surface area (Å²) in [4.78, 5) is 22.5. The molecule has 0 aliphatic heterocycles. The molecule has 0 saturated heterocycles. The van der Waals surface area contributed by atoms with E-state index in [9.17, 15) is 9.59 Å². The van der Waals surface area contributed by atoms with Gasteiger partial charge >= 0.3 is 93.4 Å². The Balaban J connectivity index is 2.72. The van der Waals surface area contributed by atoms with E-state index in [1.807, 2.05) is 12.1 Å². The van der Waals surface area contributed by atoms with Gasteiger partial charge in [-0.1, -0.05) is 0 Å². The molecule has 0 radical (unpaired) electrons. The minimum absolute atomic E-state index is 0.379. The average molecular weight is 180 g/mol. The molecule has 0 fully saturated rings. The van der Waals surface area contributed by atoms with Crippen molar-refractivity contribution in [2.24, 2.45) is 0 Å². The second-order valence-corrected chi connectivity index (χ2v) is 4.14. The zero-order valence-electron chi connectivity index (χ0n) is 7.20. The van der Waals surface area contributed by atoms with Crippen molar-refractivity contribution in [3.63, 3.8) is 0 Å². The number of Topliss-reactive ketones (excluding diaryl/α,β-unsaturated/α-hetero) is 1. The van der Waals surface area contributed by atoms with E-state index >= 15 is 0 Å². The summed E-state index contributed by atoms with van der Waals surface area (Å²) < 4.78 is 1.00. The maximum atomic E-state index is 11.4. The molecular formula is C10H5NaO2. The number of carbonyl (C=O) groups excluding carboxylic acids is 2. The van der Waals surface area contributed by atoms with Gasteiger partial charge in [-0.25, -0.2) is 0 Å². The zero-order valence-corrected chi connectivity index (χ0v) is 9.20. The van der Waals surface area contributed by atoms with E-state index in [-0.39, 0.29) is 11.6 Å². The number of rotatable bonds is 0. The third-order valence-corrected chi connectivity index (χ3v) is 3.00. The number of allylic oxidation sites excluding steroid dienone is 1. The molecule has 0 heterocycles. The van der Waals surface area contributed by atoms with E-state index in [2.05, 4.69) is 0 Å². The van der Waals surface area contributed by atoms with Gasteiger partial charge in [-0.05, 0) is 0 Å². The molecule has 0 saturated carbocycles. The fraction of sp³-hybridized carbons (Fsp3) is 0. The predicted octanol–water partition coefficient (Wildman–Crippen LogP) is 0.961. The van der Waals surface area contributed by atoms with Crippen LogP contribution < -0.4 is 0 Å². The molecule has 0 atom stereocenters.